The van der Waals surface area contributed by atoms with Crippen molar-refractivity contribution in [2.45, 2.75) is 19.8 Å². The van der Waals surface area contributed by atoms with Crippen LogP contribution >= 0.6 is 0 Å². The molecule has 1 amide bonds. The molecule has 3 rings (SSSR count). The quantitative estimate of drug-likeness (QED) is 0.900. The number of hydrogen-bond donors (Lipinski definition) is 1. The van der Waals surface area contributed by atoms with Crippen LogP contribution in [0.5, 0.6) is 11.5 Å². The van der Waals surface area contributed by atoms with Gasteiger partial charge in [0.15, 0.2) is 11.5 Å². The zero-order chi connectivity index (χ0) is 17.8. The van der Waals surface area contributed by atoms with Gasteiger partial charge in [0.05, 0.1) is 14.2 Å². The van der Waals surface area contributed by atoms with Gasteiger partial charge >= 0.3 is 0 Å². The third-order valence-corrected chi connectivity index (χ3v) is 4.11. The number of benzene rings is 1. The molecule has 0 spiro atoms. The van der Waals surface area contributed by atoms with Gasteiger partial charge in [-0.1, -0.05) is 0 Å². The summed E-state index contributed by atoms with van der Waals surface area (Å²) in [4.78, 5) is 23.2. The first-order valence-electron chi connectivity index (χ1n) is 8.24. The Labute approximate surface area is 147 Å². The van der Waals surface area contributed by atoms with Crippen molar-refractivity contribution < 1.29 is 14.3 Å². The number of likely N-dealkylation sites (tertiary alicyclic amines) is 1. The molecule has 0 atom stereocenters. The monoisotopic (exact) mass is 342 g/mol. The minimum absolute atomic E-state index is 0.0432. The molecule has 1 saturated heterocycles. The lowest BCUT2D eigenvalue weighted by atomic mass is 10.2. The summed E-state index contributed by atoms with van der Waals surface area (Å²) in [5.74, 6) is 1.59. The summed E-state index contributed by atoms with van der Waals surface area (Å²) in [7, 11) is 3.17. The number of ether oxygens (including phenoxy) is 2. The first-order chi connectivity index (χ1) is 12.1. The lowest BCUT2D eigenvalue weighted by Gasteiger charge is -2.15. The Balaban J connectivity index is 1.84. The second-order valence-corrected chi connectivity index (χ2v) is 5.91. The number of anilines is 2. The summed E-state index contributed by atoms with van der Waals surface area (Å²) in [6.45, 7) is 3.43. The van der Waals surface area contributed by atoms with Gasteiger partial charge in [0.2, 0.25) is 5.95 Å². The van der Waals surface area contributed by atoms with Gasteiger partial charge in [-0.2, -0.15) is 0 Å². The van der Waals surface area contributed by atoms with Gasteiger partial charge in [0, 0.05) is 30.5 Å². The molecule has 7 nitrogen and oxygen atoms in total. The molecule has 0 bridgehead atoms. The zero-order valence-electron chi connectivity index (χ0n) is 14.7. The molecule has 0 saturated carbocycles. The molecule has 2 heterocycles. The normalized spacial score (nSPS) is 13.6. The Kier molecular flexibility index (Phi) is 5.02. The molecule has 2 aromatic rings. The summed E-state index contributed by atoms with van der Waals surface area (Å²) in [6, 6.07) is 7.16. The van der Waals surface area contributed by atoms with Crippen LogP contribution in [0.4, 0.5) is 11.6 Å². The number of nitrogens with zero attached hydrogens (tertiary/aromatic N) is 3. The van der Waals surface area contributed by atoms with Crippen LogP contribution in [0, 0.1) is 6.92 Å². The lowest BCUT2D eigenvalue weighted by Crippen LogP contribution is -2.28. The SMILES string of the molecule is COc1ccc(Nc2nc(C)cc(C(=O)N3CCCC3)n2)cc1OC. The molecule has 7 heteroatoms. The number of rotatable bonds is 5. The van der Waals surface area contributed by atoms with Crippen molar-refractivity contribution in [3.63, 3.8) is 0 Å². The largest absolute Gasteiger partial charge is 0.493 e. The van der Waals surface area contributed by atoms with Crippen LogP contribution in [0.15, 0.2) is 24.3 Å². The van der Waals surface area contributed by atoms with E-state index in [1.54, 1.807) is 32.4 Å². The predicted molar refractivity (Wildman–Crippen MR) is 94.7 cm³/mol. The maximum Gasteiger partial charge on any atom is 0.272 e. The number of aryl methyl sites for hydroxylation is 1. The minimum Gasteiger partial charge on any atom is -0.493 e. The van der Waals surface area contributed by atoms with Crippen LogP contribution in [0.3, 0.4) is 0 Å². The number of amides is 1. The van der Waals surface area contributed by atoms with Crippen molar-refractivity contribution in [1.82, 2.24) is 14.9 Å². The maximum absolute atomic E-state index is 12.6. The maximum atomic E-state index is 12.6. The standard InChI is InChI=1S/C18H22N4O3/c1-12-10-14(17(23)22-8-4-5-9-22)21-18(19-12)20-13-6-7-15(24-2)16(11-13)25-3/h6-7,10-11H,4-5,8-9H2,1-3H3,(H,19,20,21). The molecular weight excluding hydrogens is 320 g/mol. The number of nitrogens with one attached hydrogen (secondary N) is 1. The van der Waals surface area contributed by atoms with E-state index in [0.717, 1.165) is 37.3 Å². The third-order valence-electron chi connectivity index (χ3n) is 4.11. The van der Waals surface area contributed by atoms with Gasteiger partial charge in [0.1, 0.15) is 5.69 Å². The predicted octanol–water partition coefficient (Wildman–Crippen LogP) is 2.78. The van der Waals surface area contributed by atoms with E-state index < -0.39 is 0 Å². The van der Waals surface area contributed by atoms with Crippen molar-refractivity contribution in [3.05, 3.63) is 35.7 Å². The van der Waals surface area contributed by atoms with Crippen molar-refractivity contribution in [3.8, 4) is 11.5 Å². The molecule has 132 valence electrons. The van der Waals surface area contributed by atoms with Crippen molar-refractivity contribution in [2.75, 3.05) is 32.6 Å². The van der Waals surface area contributed by atoms with E-state index in [1.807, 2.05) is 17.9 Å². The van der Waals surface area contributed by atoms with Crippen LogP contribution in [0.2, 0.25) is 0 Å². The number of carbonyl (C=O) groups excluding carboxylic acids is 1. The summed E-state index contributed by atoms with van der Waals surface area (Å²) in [5, 5.41) is 3.13. The van der Waals surface area contributed by atoms with Gasteiger partial charge in [-0.3, -0.25) is 4.79 Å². The first kappa shape index (κ1) is 17.0. The van der Waals surface area contributed by atoms with Gasteiger partial charge in [-0.25, -0.2) is 9.97 Å². The van der Waals surface area contributed by atoms with E-state index in [-0.39, 0.29) is 5.91 Å². The van der Waals surface area contributed by atoms with E-state index in [2.05, 4.69) is 15.3 Å². The highest BCUT2D eigenvalue weighted by atomic mass is 16.5. The second-order valence-electron chi connectivity index (χ2n) is 5.91. The highest BCUT2D eigenvalue weighted by molar-refractivity contribution is 5.93. The van der Waals surface area contributed by atoms with Crippen molar-refractivity contribution in [1.29, 1.82) is 0 Å². The van der Waals surface area contributed by atoms with Gasteiger partial charge in [-0.05, 0) is 38.0 Å². The summed E-state index contributed by atoms with van der Waals surface area (Å²) < 4.78 is 10.5. The van der Waals surface area contributed by atoms with Gasteiger partial charge in [0.25, 0.3) is 5.91 Å². The Morgan fingerprint density at radius 3 is 2.48 bits per heavy atom. The third kappa shape index (κ3) is 3.81. The smallest absolute Gasteiger partial charge is 0.272 e. The van der Waals surface area contributed by atoms with Crippen LogP contribution in [-0.4, -0.2) is 48.1 Å². The summed E-state index contributed by atoms with van der Waals surface area (Å²) >= 11 is 0. The van der Waals surface area contributed by atoms with Gasteiger partial charge < -0.3 is 19.7 Å². The summed E-state index contributed by atoms with van der Waals surface area (Å²) in [6.07, 6.45) is 2.10. The van der Waals surface area contributed by atoms with E-state index in [4.69, 9.17) is 9.47 Å². The fourth-order valence-electron chi connectivity index (χ4n) is 2.86. The Morgan fingerprint density at radius 1 is 1.08 bits per heavy atom. The number of carbonyl (C=O) groups is 1. The molecule has 1 aliphatic rings. The minimum atomic E-state index is -0.0432. The van der Waals surface area contributed by atoms with Crippen LogP contribution in [0.25, 0.3) is 0 Å². The van der Waals surface area contributed by atoms with Gasteiger partial charge in [-0.15, -0.1) is 0 Å². The highest BCUT2D eigenvalue weighted by Crippen LogP contribution is 2.30. The fourth-order valence-corrected chi connectivity index (χ4v) is 2.86. The number of aromatic nitrogens is 2. The molecule has 1 aromatic carbocycles. The molecule has 1 aromatic heterocycles. The highest BCUT2D eigenvalue weighted by Gasteiger charge is 2.21. The average Bonchev–Trinajstić information content (AvgIpc) is 3.15. The van der Waals surface area contributed by atoms with E-state index in [0.29, 0.717) is 23.1 Å². The molecule has 1 aliphatic heterocycles. The molecule has 0 unspecified atom stereocenters. The van der Waals surface area contributed by atoms with Crippen molar-refractivity contribution >= 4 is 17.5 Å². The first-order valence-corrected chi connectivity index (χ1v) is 8.24. The second kappa shape index (κ2) is 7.38. The average molecular weight is 342 g/mol. The van der Waals surface area contributed by atoms with Crippen LogP contribution in [-0.2, 0) is 0 Å². The molecule has 25 heavy (non-hydrogen) atoms. The molecule has 0 radical (unpaired) electrons. The molecular formula is C18H22N4O3. The van der Waals surface area contributed by atoms with Crippen molar-refractivity contribution in [2.24, 2.45) is 0 Å². The lowest BCUT2D eigenvalue weighted by molar-refractivity contribution is 0.0787. The number of hydrogen-bond acceptors (Lipinski definition) is 6. The Bertz CT molecular complexity index is 773. The zero-order valence-corrected chi connectivity index (χ0v) is 14.7. The van der Waals surface area contributed by atoms with Crippen LogP contribution in [0.1, 0.15) is 29.0 Å². The summed E-state index contributed by atoms with van der Waals surface area (Å²) in [5.41, 5.74) is 1.90. The topological polar surface area (TPSA) is 76.6 Å². The Morgan fingerprint density at radius 2 is 1.80 bits per heavy atom. The van der Waals surface area contributed by atoms with E-state index in [9.17, 15) is 4.79 Å². The van der Waals surface area contributed by atoms with E-state index in [1.165, 1.54) is 0 Å². The molecule has 1 N–H and O–H groups in total. The Hall–Kier alpha value is -2.83. The fraction of sp³-hybridized carbons (Fsp3) is 0.389. The van der Waals surface area contributed by atoms with E-state index >= 15 is 0 Å². The van der Waals surface area contributed by atoms with Crippen LogP contribution < -0.4 is 14.8 Å². The molecule has 1 fully saturated rings. The number of methoxy groups -OCH3 is 2. The molecule has 0 aliphatic carbocycles.